The molecule has 154 valence electrons. The van der Waals surface area contributed by atoms with Gasteiger partial charge in [-0.25, -0.2) is 8.42 Å². The quantitative estimate of drug-likeness (QED) is 0.570. The van der Waals surface area contributed by atoms with E-state index in [4.69, 9.17) is 0 Å². The first-order valence-corrected chi connectivity index (χ1v) is 10.8. The molecule has 7 heteroatoms. The van der Waals surface area contributed by atoms with Gasteiger partial charge in [-0.15, -0.1) is 0 Å². The molecule has 0 fully saturated rings. The number of aryl methyl sites for hydroxylation is 2. The molecule has 6 nitrogen and oxygen atoms in total. The van der Waals surface area contributed by atoms with Crippen LogP contribution in [-0.4, -0.2) is 20.1 Å². The Hall–Kier alpha value is -3.45. The summed E-state index contributed by atoms with van der Waals surface area (Å²) in [5.74, 6) is -0.417. The zero-order valence-electron chi connectivity index (χ0n) is 16.9. The molecule has 3 aromatic rings. The normalized spacial score (nSPS) is 11.0. The third kappa shape index (κ3) is 4.93. The van der Waals surface area contributed by atoms with E-state index in [-0.39, 0.29) is 16.6 Å². The van der Waals surface area contributed by atoms with Gasteiger partial charge < -0.3 is 5.32 Å². The molecule has 0 aliphatic heterocycles. The molecule has 3 rings (SSSR count). The zero-order valence-corrected chi connectivity index (χ0v) is 17.7. The number of ketones is 1. The van der Waals surface area contributed by atoms with Crippen molar-refractivity contribution in [3.63, 3.8) is 0 Å². The molecule has 2 N–H and O–H groups in total. The standard InChI is InChI=1S/C23H22N2O4S/c1-15-4-5-16(2)22(14-15)24-23(27)19-6-10-20(11-7-19)25-30(28,29)21-12-8-18(9-13-21)17(3)26/h4-14,25H,1-3H3,(H,24,27). The number of nitrogens with one attached hydrogen (secondary N) is 2. The number of amides is 1. The third-order valence-corrected chi connectivity index (χ3v) is 6.01. The maximum atomic E-state index is 12.5. The second-order valence-corrected chi connectivity index (χ2v) is 8.72. The van der Waals surface area contributed by atoms with Gasteiger partial charge in [0, 0.05) is 22.5 Å². The Kier molecular flexibility index (Phi) is 6.03. The van der Waals surface area contributed by atoms with Crippen LogP contribution < -0.4 is 10.0 Å². The van der Waals surface area contributed by atoms with Crippen molar-refractivity contribution in [1.82, 2.24) is 0 Å². The van der Waals surface area contributed by atoms with Gasteiger partial charge in [0.25, 0.3) is 15.9 Å². The zero-order chi connectivity index (χ0) is 21.9. The van der Waals surface area contributed by atoms with Crippen LogP contribution in [0.1, 0.15) is 38.8 Å². The fraction of sp³-hybridized carbons (Fsp3) is 0.130. The van der Waals surface area contributed by atoms with Crippen molar-refractivity contribution in [2.45, 2.75) is 25.7 Å². The van der Waals surface area contributed by atoms with E-state index < -0.39 is 10.0 Å². The molecule has 0 atom stereocenters. The van der Waals surface area contributed by atoms with E-state index in [1.165, 1.54) is 43.3 Å². The number of Topliss-reactive ketones (excluding diaryl/α,β-unsaturated/α-hetero) is 1. The Balaban J connectivity index is 1.72. The van der Waals surface area contributed by atoms with Crippen LogP contribution in [0.5, 0.6) is 0 Å². The lowest BCUT2D eigenvalue weighted by atomic mass is 10.1. The molecule has 0 aromatic heterocycles. The number of rotatable bonds is 6. The molecule has 1 amide bonds. The first-order valence-electron chi connectivity index (χ1n) is 9.28. The molecule has 0 radical (unpaired) electrons. The van der Waals surface area contributed by atoms with E-state index in [9.17, 15) is 18.0 Å². The van der Waals surface area contributed by atoms with Crippen LogP contribution in [-0.2, 0) is 10.0 Å². The summed E-state index contributed by atoms with van der Waals surface area (Å²) < 4.78 is 27.5. The van der Waals surface area contributed by atoms with Crippen LogP contribution in [0.2, 0.25) is 0 Å². The highest BCUT2D eigenvalue weighted by Gasteiger charge is 2.15. The Morgan fingerprint density at radius 2 is 1.40 bits per heavy atom. The number of hydrogen-bond acceptors (Lipinski definition) is 4. The summed E-state index contributed by atoms with van der Waals surface area (Å²) in [7, 11) is -3.81. The minimum atomic E-state index is -3.81. The van der Waals surface area contributed by atoms with Crippen LogP contribution in [0.4, 0.5) is 11.4 Å². The summed E-state index contributed by atoms with van der Waals surface area (Å²) in [4.78, 5) is 23.9. The van der Waals surface area contributed by atoms with Crippen LogP contribution in [0, 0.1) is 13.8 Å². The highest BCUT2D eigenvalue weighted by atomic mass is 32.2. The van der Waals surface area contributed by atoms with Crippen LogP contribution in [0.3, 0.4) is 0 Å². The van der Waals surface area contributed by atoms with Gasteiger partial charge >= 0.3 is 0 Å². The average Bonchev–Trinajstić information content (AvgIpc) is 2.71. The number of carbonyl (C=O) groups is 2. The van der Waals surface area contributed by atoms with Crippen molar-refractivity contribution in [3.8, 4) is 0 Å². The Bertz CT molecular complexity index is 1200. The van der Waals surface area contributed by atoms with Crippen molar-refractivity contribution in [2.24, 2.45) is 0 Å². The van der Waals surface area contributed by atoms with Gasteiger partial charge in [-0.05, 0) is 74.4 Å². The lowest BCUT2D eigenvalue weighted by molar-refractivity contribution is 0.101. The molecule has 0 aliphatic rings. The molecule has 0 heterocycles. The highest BCUT2D eigenvalue weighted by Crippen LogP contribution is 2.20. The van der Waals surface area contributed by atoms with Crippen molar-refractivity contribution in [1.29, 1.82) is 0 Å². The molecule has 30 heavy (non-hydrogen) atoms. The van der Waals surface area contributed by atoms with Gasteiger partial charge in [0.05, 0.1) is 4.90 Å². The van der Waals surface area contributed by atoms with Crippen molar-refractivity contribution < 1.29 is 18.0 Å². The summed E-state index contributed by atoms with van der Waals surface area (Å²) in [6.45, 7) is 5.28. The first-order chi connectivity index (χ1) is 14.2. The molecule has 3 aromatic carbocycles. The maximum Gasteiger partial charge on any atom is 0.261 e. The fourth-order valence-electron chi connectivity index (χ4n) is 2.84. The molecular weight excluding hydrogens is 400 g/mol. The number of hydrogen-bond donors (Lipinski definition) is 2. The number of carbonyl (C=O) groups excluding carboxylic acids is 2. The summed E-state index contributed by atoms with van der Waals surface area (Å²) >= 11 is 0. The molecular formula is C23H22N2O4S. The fourth-order valence-corrected chi connectivity index (χ4v) is 3.90. The van der Waals surface area contributed by atoms with E-state index in [0.29, 0.717) is 16.8 Å². The molecule has 0 bridgehead atoms. The second kappa shape index (κ2) is 8.51. The smallest absolute Gasteiger partial charge is 0.261 e. The van der Waals surface area contributed by atoms with E-state index in [0.717, 1.165) is 16.8 Å². The van der Waals surface area contributed by atoms with E-state index in [1.54, 1.807) is 12.1 Å². The van der Waals surface area contributed by atoms with E-state index in [2.05, 4.69) is 10.0 Å². The van der Waals surface area contributed by atoms with Gasteiger partial charge in [-0.2, -0.15) is 0 Å². The largest absolute Gasteiger partial charge is 0.322 e. The van der Waals surface area contributed by atoms with Gasteiger partial charge in [-0.1, -0.05) is 24.3 Å². The SMILES string of the molecule is CC(=O)c1ccc(S(=O)(=O)Nc2ccc(C(=O)Nc3cc(C)ccc3C)cc2)cc1. The predicted molar refractivity (Wildman–Crippen MR) is 118 cm³/mol. The van der Waals surface area contributed by atoms with Gasteiger partial charge in [-0.3, -0.25) is 14.3 Å². The predicted octanol–water partition coefficient (Wildman–Crippen LogP) is 4.56. The lowest BCUT2D eigenvalue weighted by Crippen LogP contribution is -2.14. The average molecular weight is 423 g/mol. The molecule has 0 aliphatic carbocycles. The molecule has 0 saturated carbocycles. The van der Waals surface area contributed by atoms with Gasteiger partial charge in [0.2, 0.25) is 0 Å². The summed E-state index contributed by atoms with van der Waals surface area (Å²) in [5.41, 5.74) is 3.90. The van der Waals surface area contributed by atoms with Crippen molar-refractivity contribution in [2.75, 3.05) is 10.0 Å². The van der Waals surface area contributed by atoms with E-state index in [1.807, 2.05) is 32.0 Å². The Morgan fingerprint density at radius 3 is 2.00 bits per heavy atom. The third-order valence-electron chi connectivity index (χ3n) is 4.61. The Labute approximate surface area is 176 Å². The summed E-state index contributed by atoms with van der Waals surface area (Å²) in [5, 5.41) is 2.87. The van der Waals surface area contributed by atoms with Crippen molar-refractivity contribution >= 4 is 33.1 Å². The van der Waals surface area contributed by atoms with Crippen LogP contribution in [0.25, 0.3) is 0 Å². The second-order valence-electron chi connectivity index (χ2n) is 7.04. The summed E-state index contributed by atoms with van der Waals surface area (Å²) in [6.07, 6.45) is 0. The number of benzene rings is 3. The van der Waals surface area contributed by atoms with Crippen molar-refractivity contribution in [3.05, 3.63) is 89.0 Å². The topological polar surface area (TPSA) is 92.3 Å². The highest BCUT2D eigenvalue weighted by molar-refractivity contribution is 7.92. The van der Waals surface area contributed by atoms with Crippen LogP contribution >= 0.6 is 0 Å². The van der Waals surface area contributed by atoms with Gasteiger partial charge in [0.15, 0.2) is 5.78 Å². The summed E-state index contributed by atoms with van der Waals surface area (Å²) in [6, 6.07) is 17.7. The minimum absolute atomic E-state index is 0.0456. The van der Waals surface area contributed by atoms with Gasteiger partial charge in [0.1, 0.15) is 0 Å². The number of anilines is 2. The molecule has 0 unspecified atom stereocenters. The Morgan fingerprint density at radius 1 is 0.800 bits per heavy atom. The lowest BCUT2D eigenvalue weighted by Gasteiger charge is -2.11. The minimum Gasteiger partial charge on any atom is -0.322 e. The monoisotopic (exact) mass is 422 g/mol. The first kappa shape index (κ1) is 21.3. The van der Waals surface area contributed by atoms with Crippen LogP contribution in [0.15, 0.2) is 71.6 Å². The molecule has 0 spiro atoms. The maximum absolute atomic E-state index is 12.5. The number of sulfonamides is 1. The van der Waals surface area contributed by atoms with E-state index >= 15 is 0 Å². The molecule has 0 saturated heterocycles.